The molecule has 0 aliphatic rings. The summed E-state index contributed by atoms with van der Waals surface area (Å²) in [5.41, 5.74) is 3.65. The van der Waals surface area contributed by atoms with Crippen LogP contribution in [-0.4, -0.2) is 23.0 Å². The average molecular weight is 404 g/mol. The number of rotatable bonds is 7. The standard InChI is InChI=1S/C23H21N3O2S/c1-28-21-8-6-16-4-2-3-5-18(16)19(21)7-9-22(27)26-14-20-23(25-12-11-24-20)17-10-13-29-15-17/h2-6,8,10-13,15H,7,9,14H2,1H3,(H,26,27). The lowest BCUT2D eigenvalue weighted by Crippen LogP contribution is -2.24. The summed E-state index contributed by atoms with van der Waals surface area (Å²) in [6, 6.07) is 14.2. The van der Waals surface area contributed by atoms with Crippen LogP contribution in [0.4, 0.5) is 0 Å². The van der Waals surface area contributed by atoms with Crippen LogP contribution in [0.1, 0.15) is 17.7 Å². The van der Waals surface area contributed by atoms with Gasteiger partial charge in [0.25, 0.3) is 0 Å². The monoisotopic (exact) mass is 403 g/mol. The zero-order valence-electron chi connectivity index (χ0n) is 16.1. The first-order valence-electron chi connectivity index (χ1n) is 9.40. The molecule has 146 valence electrons. The summed E-state index contributed by atoms with van der Waals surface area (Å²) in [5, 5.41) is 9.27. The number of amides is 1. The van der Waals surface area contributed by atoms with Crippen LogP contribution in [0.2, 0.25) is 0 Å². The lowest BCUT2D eigenvalue weighted by Gasteiger charge is -2.12. The first-order chi connectivity index (χ1) is 14.3. The second-order valence-electron chi connectivity index (χ2n) is 6.61. The smallest absolute Gasteiger partial charge is 0.220 e. The minimum atomic E-state index is -0.0260. The van der Waals surface area contributed by atoms with Crippen molar-refractivity contribution in [2.24, 2.45) is 0 Å². The molecule has 0 radical (unpaired) electrons. The Balaban J connectivity index is 1.44. The van der Waals surface area contributed by atoms with Gasteiger partial charge >= 0.3 is 0 Å². The van der Waals surface area contributed by atoms with Crippen LogP contribution in [0.15, 0.2) is 65.6 Å². The van der Waals surface area contributed by atoms with Crippen molar-refractivity contribution in [2.75, 3.05) is 7.11 Å². The largest absolute Gasteiger partial charge is 0.496 e. The molecule has 0 fully saturated rings. The van der Waals surface area contributed by atoms with Gasteiger partial charge in [-0.1, -0.05) is 30.3 Å². The van der Waals surface area contributed by atoms with E-state index >= 15 is 0 Å². The van der Waals surface area contributed by atoms with E-state index in [0.29, 0.717) is 19.4 Å². The highest BCUT2D eigenvalue weighted by molar-refractivity contribution is 7.08. The van der Waals surface area contributed by atoms with Crippen LogP contribution in [0, 0.1) is 0 Å². The topological polar surface area (TPSA) is 64.1 Å². The van der Waals surface area contributed by atoms with E-state index in [-0.39, 0.29) is 5.91 Å². The van der Waals surface area contributed by atoms with Gasteiger partial charge in [0.05, 0.1) is 25.0 Å². The predicted molar refractivity (Wildman–Crippen MR) is 116 cm³/mol. The minimum absolute atomic E-state index is 0.0260. The molecule has 0 bridgehead atoms. The van der Waals surface area contributed by atoms with Gasteiger partial charge in [-0.05, 0) is 34.7 Å². The molecule has 2 heterocycles. The summed E-state index contributed by atoms with van der Waals surface area (Å²) in [6.07, 6.45) is 4.30. The average Bonchev–Trinajstić information content (AvgIpc) is 3.31. The van der Waals surface area contributed by atoms with E-state index in [1.54, 1.807) is 30.8 Å². The van der Waals surface area contributed by atoms with Gasteiger partial charge in [0.15, 0.2) is 0 Å². The first-order valence-corrected chi connectivity index (χ1v) is 10.3. The van der Waals surface area contributed by atoms with Crippen molar-refractivity contribution in [2.45, 2.75) is 19.4 Å². The fraction of sp³-hybridized carbons (Fsp3) is 0.174. The number of hydrogen-bond acceptors (Lipinski definition) is 5. The zero-order chi connectivity index (χ0) is 20.1. The SMILES string of the molecule is COc1ccc2ccccc2c1CCC(=O)NCc1nccnc1-c1ccsc1. The Hall–Kier alpha value is -3.25. The number of hydrogen-bond donors (Lipinski definition) is 1. The van der Waals surface area contributed by atoms with Gasteiger partial charge in [-0.3, -0.25) is 14.8 Å². The number of carbonyl (C=O) groups is 1. The van der Waals surface area contributed by atoms with Crippen molar-refractivity contribution in [1.29, 1.82) is 0 Å². The fourth-order valence-electron chi connectivity index (χ4n) is 3.41. The Morgan fingerprint density at radius 3 is 2.79 bits per heavy atom. The first kappa shape index (κ1) is 19.1. The lowest BCUT2D eigenvalue weighted by molar-refractivity contribution is -0.121. The highest BCUT2D eigenvalue weighted by Crippen LogP contribution is 2.29. The number of methoxy groups -OCH3 is 1. The number of carbonyl (C=O) groups excluding carboxylic acids is 1. The molecule has 0 saturated heterocycles. The summed E-state index contributed by atoms with van der Waals surface area (Å²) >= 11 is 1.61. The van der Waals surface area contributed by atoms with Crippen LogP contribution in [0.3, 0.4) is 0 Å². The number of benzene rings is 2. The molecule has 0 spiro atoms. The molecule has 4 rings (SSSR count). The van der Waals surface area contributed by atoms with E-state index in [1.165, 1.54) is 0 Å². The molecule has 0 saturated carbocycles. The van der Waals surface area contributed by atoms with Crippen LogP contribution in [0.25, 0.3) is 22.0 Å². The van der Waals surface area contributed by atoms with E-state index in [4.69, 9.17) is 4.74 Å². The molecule has 1 N–H and O–H groups in total. The quantitative estimate of drug-likeness (QED) is 0.489. The number of aryl methyl sites for hydroxylation is 1. The number of nitrogens with zero attached hydrogens (tertiary/aromatic N) is 2. The van der Waals surface area contributed by atoms with Crippen LogP contribution >= 0.6 is 11.3 Å². The van der Waals surface area contributed by atoms with E-state index in [9.17, 15) is 4.79 Å². The summed E-state index contributed by atoms with van der Waals surface area (Å²) in [6.45, 7) is 0.352. The Morgan fingerprint density at radius 1 is 1.10 bits per heavy atom. The molecule has 1 amide bonds. The zero-order valence-corrected chi connectivity index (χ0v) is 16.9. The Bertz CT molecular complexity index is 1130. The van der Waals surface area contributed by atoms with Gasteiger partial charge in [0.1, 0.15) is 5.75 Å². The van der Waals surface area contributed by atoms with E-state index in [2.05, 4.69) is 27.4 Å². The Labute approximate surface area is 173 Å². The summed E-state index contributed by atoms with van der Waals surface area (Å²) in [4.78, 5) is 21.4. The Morgan fingerprint density at radius 2 is 1.97 bits per heavy atom. The third kappa shape index (κ3) is 4.27. The third-order valence-electron chi connectivity index (χ3n) is 4.84. The summed E-state index contributed by atoms with van der Waals surface area (Å²) in [7, 11) is 1.66. The van der Waals surface area contributed by atoms with E-state index < -0.39 is 0 Å². The highest BCUT2D eigenvalue weighted by Gasteiger charge is 2.12. The van der Waals surface area contributed by atoms with Gasteiger partial charge < -0.3 is 10.1 Å². The molecule has 0 aliphatic carbocycles. The van der Waals surface area contributed by atoms with Gasteiger partial charge in [-0.2, -0.15) is 11.3 Å². The van der Waals surface area contributed by atoms with Crippen molar-refractivity contribution < 1.29 is 9.53 Å². The molecule has 2 aromatic heterocycles. The molecular weight excluding hydrogens is 382 g/mol. The Kier molecular flexibility index (Phi) is 5.81. The number of fused-ring (bicyclic) bond motifs is 1. The van der Waals surface area contributed by atoms with Crippen molar-refractivity contribution in [3.63, 3.8) is 0 Å². The van der Waals surface area contributed by atoms with Crippen molar-refractivity contribution in [3.8, 4) is 17.0 Å². The summed E-state index contributed by atoms with van der Waals surface area (Å²) < 4.78 is 5.52. The number of nitrogens with one attached hydrogen (secondary N) is 1. The number of aromatic nitrogens is 2. The molecule has 0 atom stereocenters. The second kappa shape index (κ2) is 8.84. The number of thiophene rings is 1. The van der Waals surface area contributed by atoms with Gasteiger partial charge in [-0.25, -0.2) is 0 Å². The molecule has 29 heavy (non-hydrogen) atoms. The summed E-state index contributed by atoms with van der Waals surface area (Å²) in [5.74, 6) is 0.784. The maximum absolute atomic E-state index is 12.5. The van der Waals surface area contributed by atoms with E-state index in [1.807, 2.05) is 41.1 Å². The highest BCUT2D eigenvalue weighted by atomic mass is 32.1. The fourth-order valence-corrected chi connectivity index (χ4v) is 4.05. The van der Waals surface area contributed by atoms with Crippen molar-refractivity contribution in [1.82, 2.24) is 15.3 Å². The molecular formula is C23H21N3O2S. The van der Waals surface area contributed by atoms with Crippen LogP contribution < -0.4 is 10.1 Å². The maximum atomic E-state index is 12.5. The van der Waals surface area contributed by atoms with Crippen molar-refractivity contribution >= 4 is 28.0 Å². The molecule has 4 aromatic rings. The lowest BCUT2D eigenvalue weighted by atomic mass is 9.99. The van der Waals surface area contributed by atoms with Gasteiger partial charge in [-0.15, -0.1) is 0 Å². The predicted octanol–water partition coefficient (Wildman–Crippen LogP) is 4.62. The second-order valence-corrected chi connectivity index (χ2v) is 7.39. The minimum Gasteiger partial charge on any atom is -0.496 e. The maximum Gasteiger partial charge on any atom is 0.220 e. The molecule has 5 nitrogen and oxygen atoms in total. The van der Waals surface area contributed by atoms with Crippen LogP contribution in [0.5, 0.6) is 5.75 Å². The van der Waals surface area contributed by atoms with Gasteiger partial charge in [0, 0.05) is 35.3 Å². The molecule has 6 heteroatoms. The van der Waals surface area contributed by atoms with Gasteiger partial charge in [0.2, 0.25) is 5.91 Å². The van der Waals surface area contributed by atoms with E-state index in [0.717, 1.165) is 39.0 Å². The van der Waals surface area contributed by atoms with Crippen LogP contribution in [-0.2, 0) is 17.8 Å². The molecule has 2 aromatic carbocycles. The van der Waals surface area contributed by atoms with Crippen molar-refractivity contribution in [3.05, 3.63) is 76.9 Å². The molecule has 0 unspecified atom stereocenters. The number of ether oxygens (including phenoxy) is 1. The normalized spacial score (nSPS) is 10.8. The molecule has 0 aliphatic heterocycles. The third-order valence-corrected chi connectivity index (χ3v) is 5.52.